The zero-order valence-electron chi connectivity index (χ0n) is 18.0. The summed E-state index contributed by atoms with van der Waals surface area (Å²) < 4.78 is 34.1. The van der Waals surface area contributed by atoms with Gasteiger partial charge in [0.15, 0.2) is 0 Å². The SMILES string of the molecule is CC(=O)NC(C)c1cccc([NH3+])c1.CC(=O)NC(C)c1cccc([NH3+])c1.O=S(=O)([O-])[O-]. The van der Waals surface area contributed by atoms with Crippen LogP contribution >= 0.6 is 0 Å². The van der Waals surface area contributed by atoms with Gasteiger partial charge in [0.05, 0.1) is 12.1 Å². The van der Waals surface area contributed by atoms with Crippen LogP contribution in [0.25, 0.3) is 0 Å². The number of hydrogen-bond acceptors (Lipinski definition) is 6. The Hall–Kier alpha value is -2.83. The molecule has 0 aliphatic carbocycles. The first kappa shape index (κ1) is 28.2. The number of carbonyl (C=O) groups is 2. The van der Waals surface area contributed by atoms with E-state index in [9.17, 15) is 9.59 Å². The van der Waals surface area contributed by atoms with Crippen LogP contribution in [0.4, 0.5) is 11.4 Å². The lowest BCUT2D eigenvalue weighted by atomic mass is 10.1. The molecule has 2 aromatic rings. The third-order valence-electron chi connectivity index (χ3n) is 3.74. The second-order valence-electron chi connectivity index (χ2n) is 6.74. The minimum atomic E-state index is -5.17. The molecular formula is C20H30N4O6S. The number of hydrogen-bond donors (Lipinski definition) is 4. The Morgan fingerprint density at radius 2 is 1.10 bits per heavy atom. The summed E-state index contributed by atoms with van der Waals surface area (Å²) in [6.45, 7) is 6.95. The van der Waals surface area contributed by atoms with Crippen LogP contribution in [-0.4, -0.2) is 29.3 Å². The fourth-order valence-electron chi connectivity index (χ4n) is 2.50. The van der Waals surface area contributed by atoms with Crippen LogP contribution in [0, 0.1) is 0 Å². The Balaban J connectivity index is 0.000000479. The van der Waals surface area contributed by atoms with Gasteiger partial charge in [-0.15, -0.1) is 0 Å². The van der Waals surface area contributed by atoms with Gasteiger partial charge in [-0.05, 0) is 37.1 Å². The van der Waals surface area contributed by atoms with Crippen molar-refractivity contribution in [1.29, 1.82) is 0 Å². The van der Waals surface area contributed by atoms with E-state index in [-0.39, 0.29) is 23.9 Å². The zero-order chi connectivity index (χ0) is 24.2. The molecule has 0 aliphatic rings. The van der Waals surface area contributed by atoms with Crippen molar-refractivity contribution < 1.29 is 38.6 Å². The lowest BCUT2D eigenvalue weighted by Gasteiger charge is -2.12. The normalized spacial score (nSPS) is 12.1. The van der Waals surface area contributed by atoms with Crippen molar-refractivity contribution in [3.8, 4) is 0 Å². The fraction of sp³-hybridized carbons (Fsp3) is 0.300. The van der Waals surface area contributed by atoms with Crippen LogP contribution in [0.5, 0.6) is 0 Å². The average Bonchev–Trinajstić information content (AvgIpc) is 2.60. The predicted octanol–water partition coefficient (Wildman–Crippen LogP) is 0.176. The summed E-state index contributed by atoms with van der Waals surface area (Å²) in [6.07, 6.45) is 0. The van der Waals surface area contributed by atoms with Gasteiger partial charge in [-0.1, -0.05) is 24.3 Å². The maximum atomic E-state index is 10.8. The molecule has 2 rings (SSSR count). The summed E-state index contributed by atoms with van der Waals surface area (Å²) in [6, 6.07) is 15.8. The minimum absolute atomic E-state index is 0.0121. The smallest absolute Gasteiger partial charge is 0.217 e. The molecule has 2 unspecified atom stereocenters. The van der Waals surface area contributed by atoms with Gasteiger partial charge in [0.2, 0.25) is 11.8 Å². The molecule has 0 spiro atoms. The van der Waals surface area contributed by atoms with Crippen molar-refractivity contribution in [2.24, 2.45) is 0 Å². The van der Waals surface area contributed by atoms with Gasteiger partial charge >= 0.3 is 0 Å². The molecule has 172 valence electrons. The van der Waals surface area contributed by atoms with Gasteiger partial charge < -0.3 is 31.2 Å². The molecule has 8 N–H and O–H groups in total. The maximum Gasteiger partial charge on any atom is 0.217 e. The number of amides is 2. The highest BCUT2D eigenvalue weighted by Crippen LogP contribution is 2.14. The first-order chi connectivity index (χ1) is 14.2. The summed E-state index contributed by atoms with van der Waals surface area (Å²) in [5, 5.41) is 5.64. The Morgan fingerprint density at radius 1 is 0.806 bits per heavy atom. The van der Waals surface area contributed by atoms with Crippen LogP contribution in [0.3, 0.4) is 0 Å². The van der Waals surface area contributed by atoms with E-state index in [4.69, 9.17) is 17.5 Å². The second-order valence-corrected chi connectivity index (χ2v) is 7.56. The highest BCUT2D eigenvalue weighted by atomic mass is 32.3. The third-order valence-corrected chi connectivity index (χ3v) is 3.74. The highest BCUT2D eigenvalue weighted by molar-refractivity contribution is 7.79. The van der Waals surface area contributed by atoms with Crippen LogP contribution in [0.2, 0.25) is 0 Å². The van der Waals surface area contributed by atoms with E-state index in [1.165, 1.54) is 13.8 Å². The Morgan fingerprint density at radius 3 is 1.32 bits per heavy atom. The molecule has 0 saturated heterocycles. The Kier molecular flexibility index (Phi) is 12.2. The lowest BCUT2D eigenvalue weighted by molar-refractivity contribution is -0.255. The molecule has 0 aliphatic heterocycles. The quantitative estimate of drug-likeness (QED) is 0.375. The monoisotopic (exact) mass is 454 g/mol. The van der Waals surface area contributed by atoms with Crippen molar-refractivity contribution in [3.05, 3.63) is 59.7 Å². The molecule has 31 heavy (non-hydrogen) atoms. The van der Waals surface area contributed by atoms with E-state index in [0.717, 1.165) is 22.5 Å². The minimum Gasteiger partial charge on any atom is -0.759 e. The molecular weight excluding hydrogens is 424 g/mol. The van der Waals surface area contributed by atoms with Gasteiger partial charge in [-0.2, -0.15) is 0 Å². The number of nitrogens with one attached hydrogen (secondary N) is 2. The molecule has 0 heterocycles. The van der Waals surface area contributed by atoms with Crippen LogP contribution in [0.15, 0.2) is 48.5 Å². The van der Waals surface area contributed by atoms with E-state index in [2.05, 4.69) is 22.1 Å². The molecule has 2 amide bonds. The van der Waals surface area contributed by atoms with Crippen molar-refractivity contribution >= 4 is 33.6 Å². The number of benzene rings is 2. The predicted molar refractivity (Wildman–Crippen MR) is 113 cm³/mol. The zero-order valence-corrected chi connectivity index (χ0v) is 18.9. The summed E-state index contributed by atoms with van der Waals surface area (Å²) in [7, 11) is -5.17. The molecule has 2 atom stereocenters. The number of rotatable bonds is 4. The Labute approximate surface area is 182 Å². The first-order valence-corrected chi connectivity index (χ1v) is 10.6. The molecule has 0 fully saturated rings. The summed E-state index contributed by atoms with van der Waals surface area (Å²) >= 11 is 0. The van der Waals surface area contributed by atoms with E-state index >= 15 is 0 Å². The molecule has 10 nitrogen and oxygen atoms in total. The molecule has 0 radical (unpaired) electrons. The molecule has 0 aromatic heterocycles. The van der Waals surface area contributed by atoms with Crippen molar-refractivity contribution in [2.75, 3.05) is 0 Å². The second kappa shape index (κ2) is 13.5. The van der Waals surface area contributed by atoms with Crippen molar-refractivity contribution in [1.82, 2.24) is 10.6 Å². The first-order valence-electron chi connectivity index (χ1n) is 9.23. The summed E-state index contributed by atoms with van der Waals surface area (Å²) in [5.41, 5.74) is 11.8. The molecule has 0 bridgehead atoms. The summed E-state index contributed by atoms with van der Waals surface area (Å²) in [4.78, 5) is 21.6. The van der Waals surface area contributed by atoms with Gasteiger partial charge in [-0.3, -0.25) is 18.0 Å². The van der Waals surface area contributed by atoms with Crippen molar-refractivity contribution in [3.63, 3.8) is 0 Å². The lowest BCUT2D eigenvalue weighted by Crippen LogP contribution is -2.40. The molecule has 0 saturated carbocycles. The van der Waals surface area contributed by atoms with Crippen LogP contribution in [0.1, 0.15) is 50.9 Å². The van der Waals surface area contributed by atoms with Crippen LogP contribution < -0.4 is 22.1 Å². The molecule has 11 heteroatoms. The van der Waals surface area contributed by atoms with Crippen molar-refractivity contribution in [2.45, 2.75) is 39.8 Å². The van der Waals surface area contributed by atoms with Crippen LogP contribution in [-0.2, 0) is 20.0 Å². The standard InChI is InChI=1S/2C10H14N2O.H2O4S/c2*1-7(12-8(2)13)9-4-3-5-10(11)6-9;1-5(2,3)4/h2*3-7H,11H2,1-2H3,(H,12,13);(H2,1,2,3,4). The number of quaternary nitrogens is 2. The van der Waals surface area contributed by atoms with E-state index < -0.39 is 10.4 Å². The van der Waals surface area contributed by atoms with E-state index in [1.807, 2.05) is 62.4 Å². The fourth-order valence-corrected chi connectivity index (χ4v) is 2.50. The summed E-state index contributed by atoms with van der Waals surface area (Å²) in [5.74, 6) is -0.0241. The maximum absolute atomic E-state index is 10.8. The van der Waals surface area contributed by atoms with Gasteiger partial charge in [0.25, 0.3) is 0 Å². The van der Waals surface area contributed by atoms with E-state index in [0.29, 0.717) is 0 Å². The number of carbonyl (C=O) groups excluding carboxylic acids is 2. The third kappa shape index (κ3) is 15.6. The van der Waals surface area contributed by atoms with Gasteiger partial charge in [0, 0.05) is 36.4 Å². The largest absolute Gasteiger partial charge is 0.759 e. The van der Waals surface area contributed by atoms with Gasteiger partial charge in [-0.25, -0.2) is 0 Å². The Bertz CT molecular complexity index is 894. The van der Waals surface area contributed by atoms with Gasteiger partial charge in [0.1, 0.15) is 11.4 Å². The molecule has 2 aromatic carbocycles. The highest BCUT2D eigenvalue weighted by Gasteiger charge is 2.07. The average molecular weight is 455 g/mol. The topological polar surface area (TPSA) is 194 Å². The van der Waals surface area contributed by atoms with E-state index in [1.54, 1.807) is 0 Å².